The molecular weight excluding hydrogens is 368 g/mol. The Kier molecular flexibility index (Phi) is 4.54. The first-order valence-corrected chi connectivity index (χ1v) is 8.61. The summed E-state index contributed by atoms with van der Waals surface area (Å²) in [7, 11) is 0. The van der Waals surface area contributed by atoms with Crippen molar-refractivity contribution in [3.8, 4) is 16.8 Å². The van der Waals surface area contributed by atoms with Crippen molar-refractivity contribution in [2.24, 2.45) is 16.2 Å². The number of para-hydroxylation sites is 1. The number of hydrogen-bond acceptors (Lipinski definition) is 6. The summed E-state index contributed by atoms with van der Waals surface area (Å²) in [5, 5.41) is 14.9. The van der Waals surface area contributed by atoms with Crippen LogP contribution in [0, 0.1) is 5.41 Å². The molecule has 2 heterocycles. The van der Waals surface area contributed by atoms with Crippen molar-refractivity contribution in [3.05, 3.63) is 82.9 Å². The topological polar surface area (TPSA) is 148 Å². The van der Waals surface area contributed by atoms with E-state index in [9.17, 15) is 4.79 Å². The number of nitrogens with two attached hydrogens (primary N) is 2. The lowest BCUT2D eigenvalue weighted by atomic mass is 10.0. The summed E-state index contributed by atoms with van der Waals surface area (Å²) >= 11 is 0. The van der Waals surface area contributed by atoms with Gasteiger partial charge in [-0.1, -0.05) is 29.5 Å². The van der Waals surface area contributed by atoms with Gasteiger partial charge in [0.1, 0.15) is 0 Å². The van der Waals surface area contributed by atoms with E-state index in [1.54, 1.807) is 36.5 Å². The minimum atomic E-state index is -0.269. The number of anilines is 1. The number of nitrogens with one attached hydrogen (secondary N) is 1. The highest BCUT2D eigenvalue weighted by atomic mass is 16.1. The van der Waals surface area contributed by atoms with Crippen LogP contribution in [0.25, 0.3) is 27.7 Å². The molecule has 0 aliphatic carbocycles. The molecular formula is C20H16N8O. The normalized spacial score (nSPS) is 11.2. The fraction of sp³-hybridized carbons (Fsp3) is 0. The Morgan fingerprint density at radius 1 is 1.03 bits per heavy atom. The molecule has 0 aliphatic heterocycles. The summed E-state index contributed by atoms with van der Waals surface area (Å²) in [5.41, 5.74) is 8.81. The Bertz CT molecular complexity index is 1310. The molecule has 0 fully saturated rings. The molecule has 0 atom stereocenters. The lowest BCUT2D eigenvalue weighted by Gasteiger charge is -2.11. The largest absolute Gasteiger partial charge is 0.369 e. The Labute approximate surface area is 164 Å². The Hall–Kier alpha value is -4.40. The van der Waals surface area contributed by atoms with E-state index in [1.807, 2.05) is 24.3 Å². The monoisotopic (exact) mass is 384 g/mol. The third kappa shape index (κ3) is 3.32. The van der Waals surface area contributed by atoms with E-state index in [4.69, 9.17) is 17.0 Å². The van der Waals surface area contributed by atoms with Gasteiger partial charge in [-0.15, -0.1) is 5.11 Å². The first kappa shape index (κ1) is 18.0. The molecule has 4 aromatic rings. The minimum absolute atomic E-state index is 0.108. The summed E-state index contributed by atoms with van der Waals surface area (Å²) in [4.78, 5) is 21.7. The second-order valence-corrected chi connectivity index (χ2v) is 6.20. The molecule has 0 saturated carbocycles. The maximum atomic E-state index is 13.1. The standard InChI is InChI=1S/C20H16N8O/c21-18(26-27-23)14-8-13(10-24-11-14)12-6-7-17-16(9-12)19(29)28(20(22)25-17)15-4-2-1-3-5-15/h1-11H,(H2,22,25)(H3,21,23,26). The van der Waals surface area contributed by atoms with Crippen molar-refractivity contribution in [2.45, 2.75) is 0 Å². The maximum Gasteiger partial charge on any atom is 0.267 e. The zero-order chi connectivity index (χ0) is 20.4. The second kappa shape index (κ2) is 7.31. The minimum Gasteiger partial charge on any atom is -0.369 e. The quantitative estimate of drug-likeness (QED) is 0.163. The van der Waals surface area contributed by atoms with Crippen LogP contribution in [-0.2, 0) is 0 Å². The van der Waals surface area contributed by atoms with Crippen molar-refractivity contribution >= 4 is 22.7 Å². The van der Waals surface area contributed by atoms with E-state index >= 15 is 0 Å². The Morgan fingerprint density at radius 2 is 1.83 bits per heavy atom. The van der Waals surface area contributed by atoms with Gasteiger partial charge in [-0.3, -0.25) is 15.2 Å². The van der Waals surface area contributed by atoms with Gasteiger partial charge in [-0.25, -0.2) is 9.55 Å². The van der Waals surface area contributed by atoms with Crippen LogP contribution in [0.5, 0.6) is 0 Å². The number of amidine groups is 1. The SMILES string of the molecule is N=C(N=NN)c1cncc(-c2ccc3nc(N)n(-c4ccccc4)c(=O)c3c2)c1. The second-order valence-electron chi connectivity index (χ2n) is 6.20. The smallest absolute Gasteiger partial charge is 0.267 e. The maximum absolute atomic E-state index is 13.1. The predicted octanol–water partition coefficient (Wildman–Crippen LogP) is 2.68. The molecule has 5 N–H and O–H groups in total. The highest BCUT2D eigenvalue weighted by molar-refractivity contribution is 5.97. The van der Waals surface area contributed by atoms with Crippen LogP contribution in [0.1, 0.15) is 5.56 Å². The summed E-state index contributed by atoms with van der Waals surface area (Å²) in [6.07, 6.45) is 3.13. The van der Waals surface area contributed by atoms with Crippen LogP contribution in [0.15, 0.2) is 82.1 Å². The zero-order valence-corrected chi connectivity index (χ0v) is 15.1. The summed E-state index contributed by atoms with van der Waals surface area (Å²) in [6, 6.07) is 16.1. The van der Waals surface area contributed by atoms with Crippen molar-refractivity contribution in [1.29, 1.82) is 5.41 Å². The predicted molar refractivity (Wildman–Crippen MR) is 111 cm³/mol. The molecule has 0 saturated heterocycles. The molecule has 29 heavy (non-hydrogen) atoms. The van der Waals surface area contributed by atoms with Crippen LogP contribution in [0.3, 0.4) is 0 Å². The molecule has 0 spiro atoms. The Morgan fingerprint density at radius 3 is 2.59 bits per heavy atom. The first-order valence-electron chi connectivity index (χ1n) is 8.61. The number of benzene rings is 2. The Balaban J connectivity index is 1.88. The molecule has 9 nitrogen and oxygen atoms in total. The molecule has 0 unspecified atom stereocenters. The molecule has 0 aliphatic rings. The van der Waals surface area contributed by atoms with Gasteiger partial charge in [0.25, 0.3) is 5.56 Å². The van der Waals surface area contributed by atoms with Gasteiger partial charge in [0, 0.05) is 23.5 Å². The average Bonchev–Trinajstić information content (AvgIpc) is 2.74. The van der Waals surface area contributed by atoms with Crippen LogP contribution >= 0.6 is 0 Å². The summed E-state index contributed by atoms with van der Waals surface area (Å²) in [5.74, 6) is 5.02. The number of nitrogen functional groups attached to an aromatic ring is 1. The van der Waals surface area contributed by atoms with Crippen LogP contribution < -0.4 is 17.1 Å². The van der Waals surface area contributed by atoms with Gasteiger partial charge < -0.3 is 11.6 Å². The number of fused-ring (bicyclic) bond motifs is 1. The molecule has 0 bridgehead atoms. The van der Waals surface area contributed by atoms with Gasteiger partial charge in [-0.05, 0) is 35.9 Å². The molecule has 2 aromatic carbocycles. The number of pyridine rings is 1. The highest BCUT2D eigenvalue weighted by Gasteiger charge is 2.12. The fourth-order valence-corrected chi connectivity index (χ4v) is 3.05. The highest BCUT2D eigenvalue weighted by Crippen LogP contribution is 2.24. The average molecular weight is 384 g/mol. The van der Waals surface area contributed by atoms with E-state index < -0.39 is 0 Å². The molecule has 0 amide bonds. The molecule has 142 valence electrons. The van der Waals surface area contributed by atoms with E-state index in [0.717, 1.165) is 5.56 Å². The van der Waals surface area contributed by atoms with Crippen molar-refractivity contribution in [2.75, 3.05) is 5.73 Å². The molecule has 0 radical (unpaired) electrons. The number of rotatable bonds is 3. The van der Waals surface area contributed by atoms with Crippen LogP contribution in [0.4, 0.5) is 5.95 Å². The molecule has 2 aromatic heterocycles. The third-order valence-corrected chi connectivity index (χ3v) is 4.41. The van der Waals surface area contributed by atoms with Gasteiger partial charge in [-0.2, -0.15) is 0 Å². The van der Waals surface area contributed by atoms with Gasteiger partial charge in [0.15, 0.2) is 5.84 Å². The molecule has 9 heteroatoms. The summed E-state index contributed by atoms with van der Waals surface area (Å²) < 4.78 is 1.37. The zero-order valence-electron chi connectivity index (χ0n) is 15.1. The van der Waals surface area contributed by atoms with Gasteiger partial charge >= 0.3 is 0 Å². The lowest BCUT2D eigenvalue weighted by Crippen LogP contribution is -2.23. The van der Waals surface area contributed by atoms with Crippen molar-refractivity contribution < 1.29 is 0 Å². The first-order chi connectivity index (χ1) is 14.1. The fourth-order valence-electron chi connectivity index (χ4n) is 3.05. The number of aromatic nitrogens is 3. The van der Waals surface area contributed by atoms with Crippen LogP contribution in [0.2, 0.25) is 0 Å². The van der Waals surface area contributed by atoms with Crippen LogP contribution in [-0.4, -0.2) is 20.4 Å². The number of hydrogen-bond donors (Lipinski definition) is 3. The van der Waals surface area contributed by atoms with Gasteiger partial charge in [0.05, 0.1) is 16.6 Å². The van der Waals surface area contributed by atoms with E-state index in [-0.39, 0.29) is 17.3 Å². The third-order valence-electron chi connectivity index (χ3n) is 4.41. The van der Waals surface area contributed by atoms with Crippen molar-refractivity contribution in [1.82, 2.24) is 14.5 Å². The van der Waals surface area contributed by atoms with Gasteiger partial charge in [0.2, 0.25) is 5.95 Å². The lowest BCUT2D eigenvalue weighted by molar-refractivity contribution is 0.982. The van der Waals surface area contributed by atoms with E-state index in [1.165, 1.54) is 10.8 Å². The molecule has 4 rings (SSSR count). The summed E-state index contributed by atoms with van der Waals surface area (Å²) in [6.45, 7) is 0. The van der Waals surface area contributed by atoms with Crippen molar-refractivity contribution in [3.63, 3.8) is 0 Å². The van der Waals surface area contributed by atoms with E-state index in [2.05, 4.69) is 20.3 Å². The van der Waals surface area contributed by atoms with E-state index in [0.29, 0.717) is 27.7 Å². The number of nitrogens with zero attached hydrogens (tertiary/aromatic N) is 5.